The number of tetrazole rings is 1. The molecule has 0 spiro atoms. The number of hydrogen-bond acceptors (Lipinski definition) is 5. The lowest BCUT2D eigenvalue weighted by molar-refractivity contribution is 0.552. The second-order valence-electron chi connectivity index (χ2n) is 5.95. The van der Waals surface area contributed by atoms with Crippen molar-refractivity contribution in [2.75, 3.05) is 0 Å². The Morgan fingerprint density at radius 2 is 1.86 bits per heavy atom. The van der Waals surface area contributed by atoms with Gasteiger partial charge in [-0.25, -0.2) is 4.68 Å². The first kappa shape index (κ1) is 19.0. The van der Waals surface area contributed by atoms with Crippen LogP contribution in [-0.4, -0.2) is 30.0 Å². The molecular formula is C19H16Cl2N6S. The van der Waals surface area contributed by atoms with Crippen molar-refractivity contribution in [2.24, 2.45) is 0 Å². The van der Waals surface area contributed by atoms with Crippen molar-refractivity contribution < 1.29 is 0 Å². The molecule has 0 unspecified atom stereocenters. The number of aryl methyl sites for hydroxylation is 1. The first-order valence-corrected chi connectivity index (χ1v) is 10.4. The van der Waals surface area contributed by atoms with E-state index in [2.05, 4.69) is 32.6 Å². The van der Waals surface area contributed by atoms with E-state index in [0.717, 1.165) is 22.0 Å². The van der Waals surface area contributed by atoms with Crippen LogP contribution >= 0.6 is 35.0 Å². The van der Waals surface area contributed by atoms with Crippen LogP contribution in [0.4, 0.5) is 0 Å². The lowest BCUT2D eigenvalue weighted by Crippen LogP contribution is -2.00. The minimum atomic E-state index is 0.477. The summed E-state index contributed by atoms with van der Waals surface area (Å²) in [6, 6.07) is 15.7. The van der Waals surface area contributed by atoms with Gasteiger partial charge in [0.1, 0.15) is 5.03 Å². The van der Waals surface area contributed by atoms with Gasteiger partial charge in [0.2, 0.25) is 5.82 Å². The van der Waals surface area contributed by atoms with Gasteiger partial charge in [0.15, 0.2) is 0 Å². The predicted molar refractivity (Wildman–Crippen MR) is 112 cm³/mol. The summed E-state index contributed by atoms with van der Waals surface area (Å²) in [4.78, 5) is 1.55. The van der Waals surface area contributed by atoms with E-state index in [1.165, 1.54) is 5.56 Å². The number of halogens is 2. The highest BCUT2D eigenvalue weighted by Crippen LogP contribution is 2.34. The third-order valence-corrected chi connectivity index (χ3v) is 5.95. The Labute approximate surface area is 176 Å². The van der Waals surface area contributed by atoms with Crippen LogP contribution in [0.3, 0.4) is 0 Å². The number of benzene rings is 2. The summed E-state index contributed by atoms with van der Waals surface area (Å²) in [7, 11) is 0. The van der Waals surface area contributed by atoms with Gasteiger partial charge in [-0.3, -0.25) is 0 Å². The van der Waals surface area contributed by atoms with Gasteiger partial charge in [-0.05, 0) is 35.9 Å². The second-order valence-corrected chi connectivity index (χ2v) is 7.73. The second kappa shape index (κ2) is 8.34. The number of aromatic nitrogens is 6. The van der Waals surface area contributed by atoms with Crippen LogP contribution in [0, 0.1) is 0 Å². The Morgan fingerprint density at radius 1 is 1.04 bits per heavy atom. The van der Waals surface area contributed by atoms with Crippen molar-refractivity contribution in [3.05, 3.63) is 70.3 Å². The molecule has 0 aliphatic carbocycles. The highest BCUT2D eigenvalue weighted by atomic mass is 35.5. The topological polar surface area (TPSA) is 61.4 Å². The van der Waals surface area contributed by atoms with Gasteiger partial charge in [0, 0.05) is 5.75 Å². The average molecular weight is 431 g/mol. The summed E-state index contributed by atoms with van der Waals surface area (Å²) in [5.74, 6) is 1.33. The van der Waals surface area contributed by atoms with Crippen molar-refractivity contribution in [2.45, 2.75) is 24.2 Å². The lowest BCUT2D eigenvalue weighted by atomic mass is 10.2. The van der Waals surface area contributed by atoms with E-state index >= 15 is 0 Å². The van der Waals surface area contributed by atoms with Crippen LogP contribution in [0.1, 0.15) is 12.5 Å². The molecule has 0 saturated heterocycles. The largest absolute Gasteiger partial charge is 0.226 e. The van der Waals surface area contributed by atoms with Crippen LogP contribution in [-0.2, 0) is 12.3 Å². The maximum atomic E-state index is 6.22. The molecule has 0 saturated carbocycles. The summed E-state index contributed by atoms with van der Waals surface area (Å²) in [5, 5.41) is 19.1. The summed E-state index contributed by atoms with van der Waals surface area (Å²) < 4.78 is 1.83. The Morgan fingerprint density at radius 3 is 2.57 bits per heavy atom. The van der Waals surface area contributed by atoms with E-state index in [4.69, 9.17) is 23.2 Å². The van der Waals surface area contributed by atoms with Gasteiger partial charge in [-0.1, -0.05) is 53.5 Å². The maximum absolute atomic E-state index is 6.22. The molecule has 9 heteroatoms. The lowest BCUT2D eigenvalue weighted by Gasteiger charge is -2.09. The standard InChI is InChI=1S/C19H16Cl2N6S/c1-2-26-24-18(23-25-26)15-11-22-27(14-8-9-16(20)17(21)10-14)19(15)28-12-13-6-4-3-5-7-13/h3-11H,2,12H2,1H3. The molecule has 0 N–H and O–H groups in total. The zero-order valence-electron chi connectivity index (χ0n) is 15.0. The Balaban J connectivity index is 1.75. The van der Waals surface area contributed by atoms with Crippen LogP contribution in [0.5, 0.6) is 0 Å². The molecule has 28 heavy (non-hydrogen) atoms. The van der Waals surface area contributed by atoms with Gasteiger partial charge >= 0.3 is 0 Å². The number of rotatable bonds is 6. The molecule has 0 amide bonds. The average Bonchev–Trinajstić information content (AvgIpc) is 3.36. The minimum absolute atomic E-state index is 0.477. The molecule has 4 aromatic rings. The van der Waals surface area contributed by atoms with E-state index in [-0.39, 0.29) is 0 Å². The quantitative estimate of drug-likeness (QED) is 0.396. The molecule has 4 rings (SSSR count). The SMILES string of the molecule is CCn1nnc(-c2cnn(-c3ccc(Cl)c(Cl)c3)c2SCc2ccccc2)n1. The normalized spacial score (nSPS) is 11.1. The van der Waals surface area contributed by atoms with E-state index in [1.54, 1.807) is 34.9 Å². The van der Waals surface area contributed by atoms with Gasteiger partial charge in [-0.2, -0.15) is 9.90 Å². The Hall–Kier alpha value is -2.35. The van der Waals surface area contributed by atoms with Crippen LogP contribution < -0.4 is 0 Å². The molecular weight excluding hydrogens is 415 g/mol. The number of thioether (sulfide) groups is 1. The molecule has 0 aliphatic rings. The van der Waals surface area contributed by atoms with Crippen molar-refractivity contribution in [3.63, 3.8) is 0 Å². The fourth-order valence-electron chi connectivity index (χ4n) is 2.64. The van der Waals surface area contributed by atoms with E-state index in [9.17, 15) is 0 Å². The van der Waals surface area contributed by atoms with Crippen molar-refractivity contribution >= 4 is 35.0 Å². The summed E-state index contributed by atoms with van der Waals surface area (Å²) in [6.45, 7) is 2.62. The predicted octanol–water partition coefficient (Wildman–Crippen LogP) is 5.14. The summed E-state index contributed by atoms with van der Waals surface area (Å²) >= 11 is 13.9. The molecule has 0 bridgehead atoms. The van der Waals surface area contributed by atoms with Crippen LogP contribution in [0.15, 0.2) is 59.8 Å². The zero-order valence-corrected chi connectivity index (χ0v) is 17.3. The molecule has 0 radical (unpaired) electrons. The monoisotopic (exact) mass is 430 g/mol. The van der Waals surface area contributed by atoms with Crippen molar-refractivity contribution in [1.29, 1.82) is 0 Å². The molecule has 0 aliphatic heterocycles. The van der Waals surface area contributed by atoms with Crippen molar-refractivity contribution in [1.82, 2.24) is 30.0 Å². The molecule has 2 heterocycles. The maximum Gasteiger partial charge on any atom is 0.209 e. The molecule has 142 valence electrons. The zero-order chi connectivity index (χ0) is 19.5. The molecule has 2 aromatic heterocycles. The summed E-state index contributed by atoms with van der Waals surface area (Å²) in [5.41, 5.74) is 2.86. The molecule has 2 aromatic carbocycles. The smallest absolute Gasteiger partial charge is 0.209 e. The molecule has 0 fully saturated rings. The van der Waals surface area contributed by atoms with Gasteiger partial charge < -0.3 is 0 Å². The number of hydrogen-bond donors (Lipinski definition) is 0. The molecule has 6 nitrogen and oxygen atoms in total. The summed E-state index contributed by atoms with van der Waals surface area (Å²) in [6.07, 6.45) is 1.76. The highest BCUT2D eigenvalue weighted by molar-refractivity contribution is 7.98. The van der Waals surface area contributed by atoms with Crippen LogP contribution in [0.25, 0.3) is 17.1 Å². The van der Waals surface area contributed by atoms with Crippen LogP contribution in [0.2, 0.25) is 10.0 Å². The van der Waals surface area contributed by atoms with E-state index in [0.29, 0.717) is 22.4 Å². The highest BCUT2D eigenvalue weighted by Gasteiger charge is 2.19. The van der Waals surface area contributed by atoms with Gasteiger partial charge in [-0.15, -0.1) is 22.0 Å². The Kier molecular flexibility index (Phi) is 5.66. The van der Waals surface area contributed by atoms with Crippen molar-refractivity contribution in [3.8, 4) is 17.1 Å². The van der Waals surface area contributed by atoms with E-state index in [1.807, 2.05) is 35.9 Å². The first-order chi connectivity index (χ1) is 13.7. The van der Waals surface area contributed by atoms with Gasteiger partial charge in [0.05, 0.1) is 34.0 Å². The minimum Gasteiger partial charge on any atom is -0.226 e. The van der Waals surface area contributed by atoms with E-state index < -0.39 is 0 Å². The third-order valence-electron chi connectivity index (χ3n) is 4.07. The van der Waals surface area contributed by atoms with Gasteiger partial charge in [0.25, 0.3) is 0 Å². The molecule has 0 atom stereocenters. The fourth-order valence-corrected chi connectivity index (χ4v) is 4.00. The third kappa shape index (κ3) is 3.92. The fraction of sp³-hybridized carbons (Fsp3) is 0.158. The number of nitrogens with zero attached hydrogens (tertiary/aromatic N) is 6. The first-order valence-electron chi connectivity index (χ1n) is 8.64. The Bertz CT molecular complexity index is 1090.